The van der Waals surface area contributed by atoms with Gasteiger partial charge in [-0.3, -0.25) is 9.59 Å². The second-order valence-corrected chi connectivity index (χ2v) is 6.01. The Bertz CT molecular complexity index is 526. The normalized spacial score (nSPS) is 16.7. The van der Waals surface area contributed by atoms with Crippen molar-refractivity contribution in [2.45, 2.75) is 43.7 Å². The summed E-state index contributed by atoms with van der Waals surface area (Å²) in [5.41, 5.74) is 6.86. The molecule has 1 aromatic rings. The van der Waals surface area contributed by atoms with Crippen LogP contribution < -0.4 is 5.73 Å². The SMILES string of the molecule is COC(=O)[C@@H](N)CCC(=O)N(C)C1(Cc2ccccc2)CC1. The summed E-state index contributed by atoms with van der Waals surface area (Å²) >= 11 is 0. The van der Waals surface area contributed by atoms with E-state index in [1.807, 2.05) is 30.1 Å². The minimum Gasteiger partial charge on any atom is -0.468 e. The Morgan fingerprint density at radius 2 is 1.95 bits per heavy atom. The van der Waals surface area contributed by atoms with Gasteiger partial charge in [0.1, 0.15) is 6.04 Å². The molecule has 5 nitrogen and oxygen atoms in total. The van der Waals surface area contributed by atoms with E-state index in [9.17, 15) is 9.59 Å². The number of nitrogens with two attached hydrogens (primary N) is 1. The van der Waals surface area contributed by atoms with Crippen molar-refractivity contribution in [2.24, 2.45) is 5.73 Å². The summed E-state index contributed by atoms with van der Waals surface area (Å²) in [6, 6.07) is 9.47. The smallest absolute Gasteiger partial charge is 0.322 e. The number of esters is 1. The zero-order valence-corrected chi connectivity index (χ0v) is 13.2. The number of hydrogen-bond donors (Lipinski definition) is 1. The molecular weight excluding hydrogens is 280 g/mol. The van der Waals surface area contributed by atoms with Crippen molar-refractivity contribution >= 4 is 11.9 Å². The zero-order chi connectivity index (χ0) is 16.2. The van der Waals surface area contributed by atoms with E-state index in [1.54, 1.807) is 0 Å². The Morgan fingerprint density at radius 1 is 1.32 bits per heavy atom. The molecule has 0 saturated heterocycles. The first-order valence-electron chi connectivity index (χ1n) is 7.62. The number of hydrogen-bond acceptors (Lipinski definition) is 4. The molecule has 1 amide bonds. The Morgan fingerprint density at radius 3 is 2.50 bits per heavy atom. The molecule has 2 N–H and O–H groups in total. The van der Waals surface area contributed by atoms with Gasteiger partial charge in [-0.2, -0.15) is 0 Å². The topological polar surface area (TPSA) is 72.6 Å². The van der Waals surface area contributed by atoms with Crippen LogP contribution in [0.5, 0.6) is 0 Å². The number of ether oxygens (including phenoxy) is 1. The highest BCUT2D eigenvalue weighted by Gasteiger charge is 2.48. The van der Waals surface area contributed by atoms with Crippen LogP contribution in [0.2, 0.25) is 0 Å². The van der Waals surface area contributed by atoms with Gasteiger partial charge < -0.3 is 15.4 Å². The highest BCUT2D eigenvalue weighted by molar-refractivity contribution is 5.80. The summed E-state index contributed by atoms with van der Waals surface area (Å²) in [4.78, 5) is 25.5. The molecule has 120 valence electrons. The summed E-state index contributed by atoms with van der Waals surface area (Å²) in [5.74, 6) is -0.436. The van der Waals surface area contributed by atoms with Crippen LogP contribution in [-0.4, -0.2) is 42.5 Å². The first-order valence-corrected chi connectivity index (χ1v) is 7.62. The summed E-state index contributed by atoms with van der Waals surface area (Å²) in [7, 11) is 3.15. The highest BCUT2D eigenvalue weighted by Crippen LogP contribution is 2.44. The summed E-state index contributed by atoms with van der Waals surface area (Å²) < 4.78 is 4.57. The molecule has 0 bridgehead atoms. The number of likely N-dealkylation sites (N-methyl/N-ethyl adjacent to an activating group) is 1. The van der Waals surface area contributed by atoms with E-state index in [4.69, 9.17) is 5.73 Å². The van der Waals surface area contributed by atoms with Crippen LogP contribution >= 0.6 is 0 Å². The molecule has 0 heterocycles. The van der Waals surface area contributed by atoms with E-state index in [-0.39, 0.29) is 17.9 Å². The molecular formula is C17H24N2O3. The van der Waals surface area contributed by atoms with Crippen LogP contribution in [0.3, 0.4) is 0 Å². The van der Waals surface area contributed by atoms with Crippen LogP contribution in [-0.2, 0) is 20.7 Å². The molecule has 0 unspecified atom stereocenters. The van der Waals surface area contributed by atoms with E-state index in [0.29, 0.717) is 6.42 Å². The first-order chi connectivity index (χ1) is 10.5. The fraction of sp³-hybridized carbons (Fsp3) is 0.529. The minimum absolute atomic E-state index is 0.0350. The van der Waals surface area contributed by atoms with Gasteiger partial charge in [-0.25, -0.2) is 0 Å². The van der Waals surface area contributed by atoms with Crippen LogP contribution in [0.1, 0.15) is 31.2 Å². The van der Waals surface area contributed by atoms with Gasteiger partial charge in [-0.1, -0.05) is 30.3 Å². The van der Waals surface area contributed by atoms with Crippen molar-refractivity contribution in [1.82, 2.24) is 4.90 Å². The number of amides is 1. The maximum atomic E-state index is 12.4. The van der Waals surface area contributed by atoms with E-state index in [1.165, 1.54) is 12.7 Å². The lowest BCUT2D eigenvalue weighted by Gasteiger charge is -2.29. The van der Waals surface area contributed by atoms with E-state index in [2.05, 4.69) is 16.9 Å². The number of rotatable bonds is 7. The maximum absolute atomic E-state index is 12.4. The van der Waals surface area contributed by atoms with Crippen molar-refractivity contribution < 1.29 is 14.3 Å². The standard InChI is InChI=1S/C17H24N2O3/c1-19(15(20)9-8-14(18)16(21)22-2)17(10-11-17)12-13-6-4-3-5-7-13/h3-7,14H,8-12,18H2,1-2H3/t14-/m0/s1. The molecule has 5 heteroatoms. The van der Waals surface area contributed by atoms with Crippen molar-refractivity contribution in [3.63, 3.8) is 0 Å². The van der Waals surface area contributed by atoms with Gasteiger partial charge >= 0.3 is 5.97 Å². The predicted octanol–water partition coefficient (Wildman–Crippen LogP) is 1.50. The lowest BCUT2D eigenvalue weighted by Crippen LogP contribution is -2.41. The van der Waals surface area contributed by atoms with Crippen LogP contribution in [0.4, 0.5) is 0 Å². The van der Waals surface area contributed by atoms with Gasteiger partial charge in [0.25, 0.3) is 0 Å². The lowest BCUT2D eigenvalue weighted by molar-refractivity contribution is -0.142. The molecule has 0 aromatic heterocycles. The third-order valence-electron chi connectivity index (χ3n) is 4.46. The molecule has 1 saturated carbocycles. The quantitative estimate of drug-likeness (QED) is 0.775. The van der Waals surface area contributed by atoms with Gasteiger partial charge in [0.15, 0.2) is 0 Å². The average molecular weight is 304 g/mol. The molecule has 1 aliphatic rings. The second kappa shape index (κ2) is 6.92. The largest absolute Gasteiger partial charge is 0.468 e. The van der Waals surface area contributed by atoms with Gasteiger partial charge in [0.2, 0.25) is 5.91 Å². The van der Waals surface area contributed by atoms with E-state index >= 15 is 0 Å². The summed E-state index contributed by atoms with van der Waals surface area (Å²) in [5, 5.41) is 0. The third kappa shape index (κ3) is 3.85. The van der Waals surface area contributed by atoms with Crippen LogP contribution in [0.25, 0.3) is 0 Å². The van der Waals surface area contributed by atoms with Gasteiger partial charge in [-0.05, 0) is 31.2 Å². The number of carbonyl (C=O) groups is 2. The number of methoxy groups -OCH3 is 1. The molecule has 1 aliphatic carbocycles. The average Bonchev–Trinajstić information content (AvgIpc) is 3.32. The predicted molar refractivity (Wildman–Crippen MR) is 84.1 cm³/mol. The fourth-order valence-corrected chi connectivity index (χ4v) is 2.73. The summed E-state index contributed by atoms with van der Waals surface area (Å²) in [6.07, 6.45) is 3.50. The van der Waals surface area contributed by atoms with Crippen molar-refractivity contribution in [2.75, 3.05) is 14.2 Å². The Balaban J connectivity index is 1.89. The fourth-order valence-electron chi connectivity index (χ4n) is 2.73. The molecule has 2 rings (SSSR count). The van der Waals surface area contributed by atoms with Gasteiger partial charge in [0, 0.05) is 19.0 Å². The third-order valence-corrected chi connectivity index (χ3v) is 4.46. The first kappa shape index (κ1) is 16.5. The number of nitrogens with zero attached hydrogens (tertiary/aromatic N) is 1. The Kier molecular flexibility index (Phi) is 5.19. The van der Waals surface area contributed by atoms with Gasteiger partial charge in [-0.15, -0.1) is 0 Å². The minimum atomic E-state index is -0.730. The van der Waals surface area contributed by atoms with E-state index in [0.717, 1.165) is 19.3 Å². The second-order valence-electron chi connectivity index (χ2n) is 6.01. The molecule has 0 radical (unpaired) electrons. The Labute approximate surface area is 131 Å². The molecule has 22 heavy (non-hydrogen) atoms. The molecule has 0 aliphatic heterocycles. The number of carbonyl (C=O) groups excluding carboxylic acids is 2. The Hall–Kier alpha value is -1.88. The lowest BCUT2D eigenvalue weighted by atomic mass is 10.0. The molecule has 1 fully saturated rings. The molecule has 1 aromatic carbocycles. The van der Waals surface area contributed by atoms with Crippen molar-refractivity contribution in [3.8, 4) is 0 Å². The van der Waals surface area contributed by atoms with Gasteiger partial charge in [0.05, 0.1) is 7.11 Å². The molecule has 0 spiro atoms. The zero-order valence-electron chi connectivity index (χ0n) is 13.2. The van der Waals surface area contributed by atoms with E-state index < -0.39 is 12.0 Å². The van der Waals surface area contributed by atoms with Crippen LogP contribution in [0.15, 0.2) is 30.3 Å². The molecule has 1 atom stereocenters. The van der Waals surface area contributed by atoms with Crippen molar-refractivity contribution in [3.05, 3.63) is 35.9 Å². The van der Waals surface area contributed by atoms with Crippen LogP contribution in [0, 0.1) is 0 Å². The maximum Gasteiger partial charge on any atom is 0.322 e. The van der Waals surface area contributed by atoms with Crippen molar-refractivity contribution in [1.29, 1.82) is 0 Å². The highest BCUT2D eigenvalue weighted by atomic mass is 16.5. The monoisotopic (exact) mass is 304 g/mol. The number of benzene rings is 1. The summed E-state index contributed by atoms with van der Waals surface area (Å²) in [6.45, 7) is 0.